The number of β-amino-alcohol motifs (C(OH)–C–C–N with tert-alkyl or cyclic N) is 1. The number of aliphatic hydroxyl groups excluding tert-OH is 1. The summed E-state index contributed by atoms with van der Waals surface area (Å²) < 4.78 is 7.91. The first kappa shape index (κ1) is 55.6. The number of thiazole rings is 1. The molecule has 4 N–H and O–H groups in total. The molecular weight excluding hydrogens is 1030 g/mol. The molecule has 0 radical (unpaired) electrons. The van der Waals surface area contributed by atoms with Crippen LogP contribution in [0.4, 0.5) is 0 Å². The van der Waals surface area contributed by atoms with Gasteiger partial charge in [-0.2, -0.15) is 0 Å². The van der Waals surface area contributed by atoms with Crippen molar-refractivity contribution in [1.29, 1.82) is 0 Å². The second kappa shape index (κ2) is 23.8. The van der Waals surface area contributed by atoms with Crippen LogP contribution in [0.1, 0.15) is 127 Å². The van der Waals surface area contributed by atoms with E-state index in [1.54, 1.807) is 22.7 Å². The van der Waals surface area contributed by atoms with E-state index in [0.29, 0.717) is 29.9 Å². The summed E-state index contributed by atoms with van der Waals surface area (Å²) in [5, 5.41) is 30.3. The van der Waals surface area contributed by atoms with Gasteiger partial charge in [0.25, 0.3) is 0 Å². The molecular formula is C58H69ClN10O6S2. The third kappa shape index (κ3) is 12.7. The summed E-state index contributed by atoms with van der Waals surface area (Å²) >= 11 is 9.55. The largest absolute Gasteiger partial charge is 0.391 e. The number of amides is 4. The van der Waals surface area contributed by atoms with Crippen LogP contribution in [0.5, 0.6) is 0 Å². The Hall–Kier alpha value is -6.15. The van der Waals surface area contributed by atoms with Crippen molar-refractivity contribution in [3.8, 4) is 15.4 Å². The van der Waals surface area contributed by atoms with Crippen LogP contribution < -0.4 is 16.0 Å². The Kier molecular flexibility index (Phi) is 17.2. The molecule has 3 aliphatic rings. The first-order valence-corrected chi connectivity index (χ1v) is 28.5. The topological polar surface area (TPSA) is 196 Å². The number of aliphatic imine (C=N–C) groups is 1. The van der Waals surface area contributed by atoms with E-state index in [9.17, 15) is 24.3 Å². The van der Waals surface area contributed by atoms with Crippen molar-refractivity contribution in [1.82, 2.24) is 45.5 Å². The van der Waals surface area contributed by atoms with Gasteiger partial charge < -0.3 is 35.6 Å². The molecule has 5 atom stereocenters. The molecule has 3 aromatic heterocycles. The third-order valence-electron chi connectivity index (χ3n) is 15.1. The zero-order chi connectivity index (χ0) is 54.7. The highest BCUT2D eigenvalue weighted by Crippen LogP contribution is 2.40. The Morgan fingerprint density at radius 3 is 2.27 bits per heavy atom. The van der Waals surface area contributed by atoms with Crippen molar-refractivity contribution in [3.63, 3.8) is 0 Å². The Bertz CT molecular complexity index is 3120. The zero-order valence-corrected chi connectivity index (χ0v) is 47.5. The number of nitrogens with zero attached hydrogens (tertiary/aromatic N) is 7. The number of aromatic nitrogens is 4. The first-order valence-electron chi connectivity index (χ1n) is 26.4. The molecule has 0 spiro atoms. The van der Waals surface area contributed by atoms with E-state index in [1.807, 2.05) is 95.6 Å². The van der Waals surface area contributed by atoms with E-state index in [-0.39, 0.29) is 50.4 Å². The van der Waals surface area contributed by atoms with E-state index in [2.05, 4.69) is 78.7 Å². The van der Waals surface area contributed by atoms with Crippen LogP contribution in [0.3, 0.4) is 0 Å². The average molecular weight is 1100 g/mol. The van der Waals surface area contributed by atoms with Gasteiger partial charge in [0.2, 0.25) is 23.6 Å². The molecule has 19 heteroatoms. The fourth-order valence-corrected chi connectivity index (χ4v) is 12.7. The van der Waals surface area contributed by atoms with E-state index in [0.717, 1.165) is 86.4 Å². The van der Waals surface area contributed by atoms with Crippen molar-refractivity contribution in [3.05, 3.63) is 139 Å². The van der Waals surface area contributed by atoms with E-state index in [1.165, 1.54) is 15.3 Å². The first-order chi connectivity index (χ1) is 36.8. The van der Waals surface area contributed by atoms with Crippen molar-refractivity contribution in [2.45, 2.75) is 124 Å². The Balaban J connectivity index is 0.718. The highest BCUT2D eigenvalue weighted by atomic mass is 35.5. The number of carbonyl (C=O) groups is 4. The van der Waals surface area contributed by atoms with Gasteiger partial charge in [-0.15, -0.1) is 32.9 Å². The number of hydrogen-bond donors (Lipinski definition) is 4. The molecule has 0 bridgehead atoms. The van der Waals surface area contributed by atoms with Gasteiger partial charge in [0.15, 0.2) is 5.82 Å². The molecule has 16 nitrogen and oxygen atoms in total. The van der Waals surface area contributed by atoms with Crippen LogP contribution in [-0.2, 0) is 30.5 Å². The second-order valence-electron chi connectivity index (χ2n) is 21.7. The van der Waals surface area contributed by atoms with E-state index >= 15 is 0 Å². The van der Waals surface area contributed by atoms with Crippen LogP contribution in [0, 0.1) is 33.1 Å². The molecule has 9 rings (SSSR count). The molecule has 6 heterocycles. The summed E-state index contributed by atoms with van der Waals surface area (Å²) in [6.45, 7) is 18.5. The van der Waals surface area contributed by atoms with Gasteiger partial charge in [-0.3, -0.25) is 28.7 Å². The lowest BCUT2D eigenvalue weighted by Gasteiger charge is -2.35. The van der Waals surface area contributed by atoms with Crippen molar-refractivity contribution < 1.29 is 29.0 Å². The number of hydrogen-bond acceptors (Lipinski definition) is 13. The minimum absolute atomic E-state index is 0.00430. The Labute approximate surface area is 463 Å². The lowest BCUT2D eigenvalue weighted by Crippen LogP contribution is -2.58. The van der Waals surface area contributed by atoms with Crippen molar-refractivity contribution >= 4 is 63.6 Å². The number of carbonyl (C=O) groups excluding carboxylic acids is 4. The number of halogens is 1. The lowest BCUT2D eigenvalue weighted by molar-refractivity contribution is -0.144. The number of piperidine rings is 1. The number of nitrogens with one attached hydrogen (secondary N) is 3. The summed E-state index contributed by atoms with van der Waals surface area (Å²) in [5.41, 5.74) is 10.2. The molecule has 77 heavy (non-hydrogen) atoms. The smallest absolute Gasteiger partial charge is 0.246 e. The van der Waals surface area contributed by atoms with Crippen LogP contribution in [0.2, 0.25) is 5.02 Å². The summed E-state index contributed by atoms with van der Waals surface area (Å²) in [6.07, 6.45) is 1.29. The SMILES string of the molecule is Cc1ncsc1-c1ccc(CNC(=O)[C@@H]2C[C@@H](O)CN2C(=O)C(NC(=O)COCCN2CCC(c3ccc([C@@H](C)NC(=O)C[C@@H]4N=C(c5ccc(Cl)cc5)c5c(sc(C)c5C)-n5c(C)nnc54)cc3)CC2)C(C)(C)C)cc1. The summed E-state index contributed by atoms with van der Waals surface area (Å²) in [4.78, 5) is 70.4. The molecule has 2 saturated heterocycles. The molecule has 1 unspecified atom stereocenters. The van der Waals surface area contributed by atoms with Gasteiger partial charge in [0.1, 0.15) is 35.6 Å². The van der Waals surface area contributed by atoms with Gasteiger partial charge in [-0.25, -0.2) is 4.98 Å². The lowest BCUT2D eigenvalue weighted by atomic mass is 9.85. The maximum Gasteiger partial charge on any atom is 0.246 e. The van der Waals surface area contributed by atoms with Gasteiger partial charge in [-0.1, -0.05) is 93.0 Å². The maximum atomic E-state index is 14.1. The predicted octanol–water partition coefficient (Wildman–Crippen LogP) is 8.50. The average Bonchev–Trinajstić information content (AvgIpc) is 4.31. The van der Waals surface area contributed by atoms with Crippen LogP contribution in [-0.4, -0.2) is 122 Å². The fourth-order valence-electron chi connectivity index (χ4n) is 10.6. The third-order valence-corrected chi connectivity index (χ3v) is 17.5. The van der Waals surface area contributed by atoms with E-state index < -0.39 is 41.5 Å². The number of aryl methyl sites for hydroxylation is 3. The number of thiophene rings is 1. The van der Waals surface area contributed by atoms with Gasteiger partial charge in [0.05, 0.1) is 47.0 Å². The van der Waals surface area contributed by atoms with Crippen LogP contribution in [0.25, 0.3) is 15.4 Å². The number of fused-ring (bicyclic) bond motifs is 3. The highest BCUT2D eigenvalue weighted by molar-refractivity contribution is 7.15. The minimum Gasteiger partial charge on any atom is -0.391 e. The van der Waals surface area contributed by atoms with E-state index in [4.69, 9.17) is 21.3 Å². The number of benzene rings is 3. The molecule has 2 fully saturated rings. The van der Waals surface area contributed by atoms with Gasteiger partial charge >= 0.3 is 0 Å². The highest BCUT2D eigenvalue weighted by Gasteiger charge is 2.44. The number of likely N-dealkylation sites (tertiary alicyclic amines) is 2. The normalized spacial score (nSPS) is 18.7. The van der Waals surface area contributed by atoms with Crippen molar-refractivity contribution in [2.75, 3.05) is 39.4 Å². The summed E-state index contributed by atoms with van der Waals surface area (Å²) in [6, 6.07) is 21.5. The Morgan fingerprint density at radius 1 is 0.896 bits per heavy atom. The number of rotatable bonds is 17. The standard InChI is InChI=1S/C58H69ClN10O6S2/c1-33-36(4)77-57-50(33)51(42-17-19-44(59)20-18-42)63-46(54-66-65-37(5)69(54)57)28-48(71)62-34(2)39-13-15-40(16-14-39)41-21-23-67(24-22-41)25-26-75-31-49(72)64-53(58(6,7)8)56(74)68-30-45(70)27-47(68)55(73)60-29-38-9-11-43(12-10-38)52-35(3)61-32-76-52/h9-20,32,34,41,45-47,53,70H,21-31H2,1-8H3,(H,60,73)(H,62,71)(H,64,72)/t34-,45-,46+,47+,53?/m1/s1. The molecule has 3 aliphatic heterocycles. The molecule has 0 aliphatic carbocycles. The number of aliphatic hydroxyl groups is 1. The van der Waals surface area contributed by atoms with Crippen LogP contribution >= 0.6 is 34.3 Å². The monoisotopic (exact) mass is 1100 g/mol. The zero-order valence-electron chi connectivity index (χ0n) is 45.1. The molecule has 3 aromatic carbocycles. The molecule has 4 amide bonds. The quantitative estimate of drug-likeness (QED) is 0.0643. The second-order valence-corrected chi connectivity index (χ2v) is 24.2. The summed E-state index contributed by atoms with van der Waals surface area (Å²) in [5.74, 6) is 0.436. The molecule has 0 saturated carbocycles. The summed E-state index contributed by atoms with van der Waals surface area (Å²) in [7, 11) is 0. The molecule has 406 valence electrons. The minimum atomic E-state index is -0.946. The number of ether oxygens (including phenoxy) is 1. The van der Waals surface area contributed by atoms with Crippen molar-refractivity contribution in [2.24, 2.45) is 10.4 Å². The maximum absolute atomic E-state index is 14.1. The molecule has 6 aromatic rings. The van der Waals surface area contributed by atoms with Crippen LogP contribution in [0.15, 0.2) is 83.3 Å². The van der Waals surface area contributed by atoms with Gasteiger partial charge in [-0.05, 0) is 112 Å². The van der Waals surface area contributed by atoms with Gasteiger partial charge in [0, 0.05) is 47.1 Å². The fraction of sp³-hybridized carbons (Fsp3) is 0.448. The predicted molar refractivity (Wildman–Crippen MR) is 302 cm³/mol. The Morgan fingerprint density at radius 2 is 1.60 bits per heavy atom.